The van der Waals surface area contributed by atoms with Crippen LogP contribution in [0.4, 0.5) is 4.39 Å². The van der Waals surface area contributed by atoms with E-state index in [1.54, 1.807) is 18.5 Å². The van der Waals surface area contributed by atoms with Crippen LogP contribution in [0.15, 0.2) is 36.7 Å². The lowest BCUT2D eigenvalue weighted by molar-refractivity contribution is 0.407. The van der Waals surface area contributed by atoms with E-state index < -0.39 is 11.7 Å². The second-order valence-corrected chi connectivity index (χ2v) is 3.56. The molecule has 0 saturated carbocycles. The van der Waals surface area contributed by atoms with Crippen LogP contribution in [0, 0.1) is 17.1 Å². The summed E-state index contributed by atoms with van der Waals surface area (Å²) in [5.41, 5.74) is 0.422. The van der Waals surface area contributed by atoms with Crippen molar-refractivity contribution in [3.8, 4) is 11.8 Å². The molecule has 0 aliphatic rings. The summed E-state index contributed by atoms with van der Waals surface area (Å²) in [6, 6.07) is 7.75. The fraction of sp³-hybridized carbons (Fsp3) is 0.154. The number of hydrogen-bond acceptors (Lipinski definition) is 4. The maximum atomic E-state index is 13.3. The Bertz CT molecular complexity index is 581. The highest BCUT2D eigenvalue weighted by Gasteiger charge is 2.20. The fourth-order valence-electron chi connectivity index (χ4n) is 1.66. The van der Waals surface area contributed by atoms with Gasteiger partial charge in [-0.25, -0.2) is 14.4 Å². The monoisotopic (exact) mass is 243 g/mol. The van der Waals surface area contributed by atoms with Crippen LogP contribution >= 0.6 is 0 Å². The summed E-state index contributed by atoms with van der Waals surface area (Å²) in [6.07, 6.45) is 3.08. The van der Waals surface area contributed by atoms with Gasteiger partial charge in [0.25, 0.3) is 0 Å². The van der Waals surface area contributed by atoms with E-state index in [4.69, 9.17) is 4.74 Å². The number of aromatic nitrogens is 2. The molecule has 1 heterocycles. The molecule has 2 aromatic rings. The highest BCUT2D eigenvalue weighted by Crippen LogP contribution is 2.30. The van der Waals surface area contributed by atoms with Crippen molar-refractivity contribution < 1.29 is 9.13 Å². The molecule has 5 heteroatoms. The third-order valence-electron chi connectivity index (χ3n) is 2.48. The van der Waals surface area contributed by atoms with Crippen LogP contribution in [0.2, 0.25) is 0 Å². The Hall–Kier alpha value is -2.48. The molecule has 0 radical (unpaired) electrons. The van der Waals surface area contributed by atoms with Gasteiger partial charge < -0.3 is 4.74 Å². The minimum Gasteiger partial charge on any atom is -0.496 e. The Balaban J connectivity index is 2.52. The lowest BCUT2D eigenvalue weighted by atomic mass is 9.98. The first-order valence-corrected chi connectivity index (χ1v) is 5.26. The SMILES string of the molecule is COc1ccc(F)cc1C(C#N)c1ncccn1. The van der Waals surface area contributed by atoms with E-state index in [9.17, 15) is 9.65 Å². The summed E-state index contributed by atoms with van der Waals surface area (Å²) < 4.78 is 18.4. The largest absolute Gasteiger partial charge is 0.496 e. The van der Waals surface area contributed by atoms with Crippen LogP contribution in [0.3, 0.4) is 0 Å². The van der Waals surface area contributed by atoms with Crippen LogP contribution in [-0.4, -0.2) is 17.1 Å². The van der Waals surface area contributed by atoms with E-state index in [0.717, 1.165) is 0 Å². The Morgan fingerprint density at radius 1 is 1.33 bits per heavy atom. The van der Waals surface area contributed by atoms with Crippen molar-refractivity contribution in [2.24, 2.45) is 0 Å². The maximum Gasteiger partial charge on any atom is 0.149 e. The van der Waals surface area contributed by atoms with E-state index in [1.165, 1.54) is 25.3 Å². The van der Waals surface area contributed by atoms with Crippen molar-refractivity contribution >= 4 is 0 Å². The van der Waals surface area contributed by atoms with Gasteiger partial charge >= 0.3 is 0 Å². The van der Waals surface area contributed by atoms with Crippen molar-refractivity contribution in [3.63, 3.8) is 0 Å². The van der Waals surface area contributed by atoms with E-state index >= 15 is 0 Å². The molecule has 4 nitrogen and oxygen atoms in total. The highest BCUT2D eigenvalue weighted by molar-refractivity contribution is 5.43. The number of nitrogens with zero attached hydrogens (tertiary/aromatic N) is 3. The molecule has 1 aromatic carbocycles. The number of benzene rings is 1. The summed E-state index contributed by atoms with van der Waals surface area (Å²) in [6.45, 7) is 0. The van der Waals surface area contributed by atoms with Crippen molar-refractivity contribution in [2.75, 3.05) is 7.11 Å². The summed E-state index contributed by atoms with van der Waals surface area (Å²) in [4.78, 5) is 8.04. The highest BCUT2D eigenvalue weighted by atomic mass is 19.1. The number of ether oxygens (including phenoxy) is 1. The van der Waals surface area contributed by atoms with E-state index in [1.807, 2.05) is 0 Å². The van der Waals surface area contributed by atoms with Crippen LogP contribution in [0.1, 0.15) is 17.3 Å². The normalized spacial score (nSPS) is 11.6. The second kappa shape index (κ2) is 5.23. The summed E-state index contributed by atoms with van der Waals surface area (Å²) in [5, 5.41) is 9.24. The standard InChI is InChI=1S/C13H10FN3O/c1-18-12-4-3-9(14)7-10(12)11(8-15)13-16-5-2-6-17-13/h2-7,11H,1H3. The van der Waals surface area contributed by atoms with Gasteiger partial charge in [-0.15, -0.1) is 0 Å². The Morgan fingerprint density at radius 3 is 2.67 bits per heavy atom. The molecule has 0 aliphatic heterocycles. The first kappa shape index (κ1) is 12.0. The first-order valence-electron chi connectivity index (χ1n) is 5.26. The third-order valence-corrected chi connectivity index (χ3v) is 2.48. The zero-order valence-corrected chi connectivity index (χ0v) is 9.67. The van der Waals surface area contributed by atoms with Gasteiger partial charge in [0.05, 0.1) is 13.2 Å². The van der Waals surface area contributed by atoms with Crippen LogP contribution < -0.4 is 4.74 Å². The number of hydrogen-bond donors (Lipinski definition) is 0. The first-order chi connectivity index (χ1) is 8.76. The lowest BCUT2D eigenvalue weighted by Crippen LogP contribution is -2.05. The Morgan fingerprint density at radius 2 is 2.06 bits per heavy atom. The van der Waals surface area contributed by atoms with E-state index in [-0.39, 0.29) is 0 Å². The number of halogens is 1. The Kier molecular flexibility index (Phi) is 3.49. The molecule has 0 fully saturated rings. The average molecular weight is 243 g/mol. The zero-order chi connectivity index (χ0) is 13.0. The van der Waals surface area contributed by atoms with Gasteiger partial charge in [-0.2, -0.15) is 5.26 Å². The molecule has 18 heavy (non-hydrogen) atoms. The molecule has 1 unspecified atom stereocenters. The molecule has 0 bridgehead atoms. The number of rotatable bonds is 3. The minimum absolute atomic E-state index is 0.323. The summed E-state index contributed by atoms with van der Waals surface area (Å²) >= 11 is 0. The molecule has 90 valence electrons. The predicted octanol–water partition coefficient (Wildman–Crippen LogP) is 2.28. The Labute approximate surface area is 104 Å². The lowest BCUT2D eigenvalue weighted by Gasteiger charge is -2.12. The smallest absolute Gasteiger partial charge is 0.149 e. The van der Waals surface area contributed by atoms with E-state index in [0.29, 0.717) is 17.1 Å². The molecular weight excluding hydrogens is 233 g/mol. The van der Waals surface area contributed by atoms with Gasteiger partial charge in [0.2, 0.25) is 0 Å². The molecule has 1 atom stereocenters. The fourth-order valence-corrected chi connectivity index (χ4v) is 1.66. The molecular formula is C13H10FN3O. The zero-order valence-electron chi connectivity index (χ0n) is 9.67. The molecule has 0 spiro atoms. The maximum absolute atomic E-state index is 13.3. The van der Waals surface area contributed by atoms with Crippen LogP contribution in [-0.2, 0) is 0 Å². The van der Waals surface area contributed by atoms with Crippen LogP contribution in [0.25, 0.3) is 0 Å². The van der Waals surface area contributed by atoms with Gasteiger partial charge in [0.1, 0.15) is 23.3 Å². The molecule has 0 aliphatic carbocycles. The average Bonchev–Trinajstić information content (AvgIpc) is 2.41. The van der Waals surface area contributed by atoms with Crippen molar-refractivity contribution in [2.45, 2.75) is 5.92 Å². The van der Waals surface area contributed by atoms with Gasteiger partial charge in [0.15, 0.2) is 0 Å². The van der Waals surface area contributed by atoms with Gasteiger partial charge in [-0.3, -0.25) is 0 Å². The van der Waals surface area contributed by atoms with Crippen molar-refractivity contribution in [3.05, 3.63) is 53.9 Å². The van der Waals surface area contributed by atoms with Gasteiger partial charge in [-0.1, -0.05) is 0 Å². The molecule has 0 amide bonds. The van der Waals surface area contributed by atoms with Crippen molar-refractivity contribution in [1.29, 1.82) is 5.26 Å². The molecule has 0 N–H and O–H groups in total. The number of nitriles is 1. The van der Waals surface area contributed by atoms with Crippen molar-refractivity contribution in [1.82, 2.24) is 9.97 Å². The summed E-state index contributed by atoms with van der Waals surface area (Å²) in [7, 11) is 1.47. The van der Waals surface area contributed by atoms with Gasteiger partial charge in [0, 0.05) is 18.0 Å². The predicted molar refractivity (Wildman–Crippen MR) is 62.4 cm³/mol. The summed E-state index contributed by atoms with van der Waals surface area (Å²) in [5.74, 6) is -0.418. The molecule has 1 aromatic heterocycles. The molecule has 0 saturated heterocycles. The van der Waals surface area contributed by atoms with Gasteiger partial charge in [-0.05, 0) is 24.3 Å². The van der Waals surface area contributed by atoms with E-state index in [2.05, 4.69) is 16.0 Å². The third kappa shape index (κ3) is 2.28. The quantitative estimate of drug-likeness (QED) is 0.829. The number of methoxy groups -OCH3 is 1. The second-order valence-electron chi connectivity index (χ2n) is 3.56. The topological polar surface area (TPSA) is 58.8 Å². The van der Waals surface area contributed by atoms with Crippen LogP contribution in [0.5, 0.6) is 5.75 Å². The molecule has 2 rings (SSSR count). The minimum atomic E-state index is -0.753.